The molecule has 1 fully saturated rings. The first-order valence-corrected chi connectivity index (χ1v) is 8.67. The molecule has 3 rings (SSSR count). The van der Waals surface area contributed by atoms with Gasteiger partial charge in [-0.1, -0.05) is 44.0 Å². The van der Waals surface area contributed by atoms with Gasteiger partial charge in [0.2, 0.25) is 0 Å². The summed E-state index contributed by atoms with van der Waals surface area (Å²) in [5.74, 6) is 1.92. The standard InChI is InChI=1S/C19H29N/c1-2-13-20-19(12-9-15-7-8-15)18-11-10-16-5-3-4-6-17(16)14-18/h3-6,15,18-20H,2,7-14H2,1H3. The normalized spacial score (nSPS) is 23.4. The molecule has 1 saturated carbocycles. The van der Waals surface area contributed by atoms with Crippen LogP contribution in [0.3, 0.4) is 0 Å². The maximum absolute atomic E-state index is 3.85. The van der Waals surface area contributed by atoms with Crippen LogP contribution in [0.25, 0.3) is 0 Å². The van der Waals surface area contributed by atoms with E-state index in [4.69, 9.17) is 0 Å². The van der Waals surface area contributed by atoms with Crippen LogP contribution >= 0.6 is 0 Å². The van der Waals surface area contributed by atoms with Gasteiger partial charge in [-0.25, -0.2) is 0 Å². The van der Waals surface area contributed by atoms with Gasteiger partial charge >= 0.3 is 0 Å². The van der Waals surface area contributed by atoms with Gasteiger partial charge in [0.1, 0.15) is 0 Å². The van der Waals surface area contributed by atoms with E-state index < -0.39 is 0 Å². The van der Waals surface area contributed by atoms with Crippen molar-refractivity contribution in [1.29, 1.82) is 0 Å². The minimum absolute atomic E-state index is 0.754. The summed E-state index contributed by atoms with van der Waals surface area (Å²) in [6.45, 7) is 3.47. The average Bonchev–Trinajstić information content (AvgIpc) is 3.31. The van der Waals surface area contributed by atoms with Gasteiger partial charge in [-0.3, -0.25) is 0 Å². The molecule has 1 heteroatoms. The molecule has 2 atom stereocenters. The van der Waals surface area contributed by atoms with Crippen molar-refractivity contribution in [2.75, 3.05) is 6.54 Å². The second-order valence-electron chi connectivity index (χ2n) is 6.85. The van der Waals surface area contributed by atoms with Crippen molar-refractivity contribution in [2.45, 2.75) is 64.3 Å². The fourth-order valence-corrected chi connectivity index (χ4v) is 3.73. The molecule has 1 aromatic rings. The van der Waals surface area contributed by atoms with Crippen LogP contribution in [-0.2, 0) is 12.8 Å². The zero-order valence-electron chi connectivity index (χ0n) is 12.9. The van der Waals surface area contributed by atoms with Gasteiger partial charge in [0, 0.05) is 6.04 Å². The zero-order chi connectivity index (χ0) is 13.8. The topological polar surface area (TPSA) is 12.0 Å². The van der Waals surface area contributed by atoms with Crippen LogP contribution < -0.4 is 5.32 Å². The van der Waals surface area contributed by atoms with Gasteiger partial charge in [-0.05, 0) is 68.0 Å². The Morgan fingerprint density at radius 1 is 1.15 bits per heavy atom. The molecular formula is C19H29N. The molecule has 1 aromatic carbocycles. The summed E-state index contributed by atoms with van der Waals surface area (Å²) in [4.78, 5) is 0. The van der Waals surface area contributed by atoms with Crippen LogP contribution in [-0.4, -0.2) is 12.6 Å². The Balaban J connectivity index is 1.61. The number of nitrogens with one attached hydrogen (secondary N) is 1. The highest BCUT2D eigenvalue weighted by atomic mass is 14.9. The Labute approximate surface area is 124 Å². The smallest absolute Gasteiger partial charge is 0.00987 e. The van der Waals surface area contributed by atoms with E-state index in [1.165, 1.54) is 57.9 Å². The molecule has 0 amide bonds. The molecule has 0 bridgehead atoms. The predicted molar refractivity (Wildman–Crippen MR) is 86.0 cm³/mol. The lowest BCUT2D eigenvalue weighted by molar-refractivity contribution is 0.297. The van der Waals surface area contributed by atoms with E-state index in [0.29, 0.717) is 0 Å². The van der Waals surface area contributed by atoms with Crippen molar-refractivity contribution in [2.24, 2.45) is 11.8 Å². The summed E-state index contributed by atoms with van der Waals surface area (Å²) in [5, 5.41) is 3.85. The van der Waals surface area contributed by atoms with Crippen molar-refractivity contribution in [1.82, 2.24) is 5.32 Å². The van der Waals surface area contributed by atoms with Gasteiger partial charge in [0.05, 0.1) is 0 Å². The Kier molecular flexibility index (Phi) is 4.77. The molecule has 110 valence electrons. The van der Waals surface area contributed by atoms with Crippen LogP contribution in [0.2, 0.25) is 0 Å². The fourth-order valence-electron chi connectivity index (χ4n) is 3.73. The number of aryl methyl sites for hydroxylation is 1. The van der Waals surface area contributed by atoms with Crippen molar-refractivity contribution in [3.63, 3.8) is 0 Å². The number of hydrogen-bond donors (Lipinski definition) is 1. The summed E-state index contributed by atoms with van der Waals surface area (Å²) < 4.78 is 0. The average molecular weight is 271 g/mol. The summed E-state index contributed by atoms with van der Waals surface area (Å²) in [6.07, 6.45) is 11.1. The summed E-state index contributed by atoms with van der Waals surface area (Å²) in [5.41, 5.74) is 3.21. The number of rotatable bonds is 7. The van der Waals surface area contributed by atoms with Crippen LogP contribution in [0, 0.1) is 11.8 Å². The van der Waals surface area contributed by atoms with E-state index in [1.807, 2.05) is 0 Å². The lowest BCUT2D eigenvalue weighted by Crippen LogP contribution is -2.39. The van der Waals surface area contributed by atoms with E-state index in [9.17, 15) is 0 Å². The van der Waals surface area contributed by atoms with Gasteiger partial charge < -0.3 is 5.32 Å². The van der Waals surface area contributed by atoms with Crippen LogP contribution in [0.15, 0.2) is 24.3 Å². The van der Waals surface area contributed by atoms with E-state index in [-0.39, 0.29) is 0 Å². The van der Waals surface area contributed by atoms with E-state index >= 15 is 0 Å². The van der Waals surface area contributed by atoms with Crippen LogP contribution in [0.5, 0.6) is 0 Å². The predicted octanol–water partition coefficient (Wildman–Crippen LogP) is 4.35. The molecule has 0 aromatic heterocycles. The van der Waals surface area contributed by atoms with Crippen molar-refractivity contribution < 1.29 is 0 Å². The number of hydrogen-bond acceptors (Lipinski definition) is 1. The highest BCUT2D eigenvalue weighted by Gasteiger charge is 2.28. The van der Waals surface area contributed by atoms with E-state index in [0.717, 1.165) is 17.9 Å². The van der Waals surface area contributed by atoms with Gasteiger partial charge in [0.15, 0.2) is 0 Å². The van der Waals surface area contributed by atoms with Crippen molar-refractivity contribution in [3.05, 3.63) is 35.4 Å². The Hall–Kier alpha value is -0.820. The Morgan fingerprint density at radius 3 is 2.70 bits per heavy atom. The van der Waals surface area contributed by atoms with Crippen molar-refractivity contribution in [3.8, 4) is 0 Å². The zero-order valence-corrected chi connectivity index (χ0v) is 12.9. The SMILES string of the molecule is CCCNC(CCC1CC1)C1CCc2ccccc2C1. The highest BCUT2D eigenvalue weighted by molar-refractivity contribution is 5.30. The fraction of sp³-hybridized carbons (Fsp3) is 0.684. The molecule has 0 heterocycles. The second kappa shape index (κ2) is 6.76. The van der Waals surface area contributed by atoms with E-state index in [2.05, 4.69) is 36.5 Å². The molecule has 2 aliphatic carbocycles. The van der Waals surface area contributed by atoms with Crippen molar-refractivity contribution >= 4 is 0 Å². The molecule has 2 aliphatic rings. The first-order chi connectivity index (χ1) is 9.86. The lowest BCUT2D eigenvalue weighted by atomic mass is 9.78. The second-order valence-corrected chi connectivity index (χ2v) is 6.85. The van der Waals surface area contributed by atoms with Gasteiger partial charge in [0.25, 0.3) is 0 Å². The molecule has 0 spiro atoms. The molecule has 20 heavy (non-hydrogen) atoms. The molecule has 0 saturated heterocycles. The maximum atomic E-state index is 3.85. The third-order valence-corrected chi connectivity index (χ3v) is 5.19. The summed E-state index contributed by atoms with van der Waals surface area (Å²) >= 11 is 0. The summed E-state index contributed by atoms with van der Waals surface area (Å²) in [6, 6.07) is 9.83. The minimum Gasteiger partial charge on any atom is -0.314 e. The first-order valence-electron chi connectivity index (χ1n) is 8.67. The number of benzene rings is 1. The molecule has 0 aliphatic heterocycles. The molecule has 1 N–H and O–H groups in total. The molecule has 2 unspecified atom stereocenters. The number of fused-ring (bicyclic) bond motifs is 1. The maximum Gasteiger partial charge on any atom is 0.00987 e. The van der Waals surface area contributed by atoms with Gasteiger partial charge in [-0.15, -0.1) is 0 Å². The van der Waals surface area contributed by atoms with Crippen LogP contribution in [0.1, 0.15) is 56.6 Å². The van der Waals surface area contributed by atoms with E-state index in [1.54, 1.807) is 11.1 Å². The quantitative estimate of drug-likeness (QED) is 0.777. The highest BCUT2D eigenvalue weighted by Crippen LogP contribution is 2.36. The monoisotopic (exact) mass is 271 g/mol. The summed E-state index contributed by atoms with van der Waals surface area (Å²) in [7, 11) is 0. The minimum atomic E-state index is 0.754. The first kappa shape index (κ1) is 14.1. The molecule has 0 radical (unpaired) electrons. The Bertz CT molecular complexity index is 422. The lowest BCUT2D eigenvalue weighted by Gasteiger charge is -2.32. The molecular weight excluding hydrogens is 242 g/mol. The van der Waals surface area contributed by atoms with Gasteiger partial charge in [-0.2, -0.15) is 0 Å². The third-order valence-electron chi connectivity index (χ3n) is 5.19. The molecule has 1 nitrogen and oxygen atoms in total. The van der Waals surface area contributed by atoms with Crippen LogP contribution in [0.4, 0.5) is 0 Å². The Morgan fingerprint density at radius 2 is 1.95 bits per heavy atom. The largest absolute Gasteiger partial charge is 0.314 e. The third kappa shape index (κ3) is 3.63.